The van der Waals surface area contributed by atoms with Crippen molar-refractivity contribution >= 4 is 5.91 Å². The predicted molar refractivity (Wildman–Crippen MR) is 53.8 cm³/mol. The van der Waals surface area contributed by atoms with Gasteiger partial charge in [0.15, 0.2) is 0 Å². The van der Waals surface area contributed by atoms with Crippen LogP contribution in [-0.2, 0) is 11.2 Å². The van der Waals surface area contributed by atoms with Crippen LogP contribution in [0.1, 0.15) is 30.0 Å². The van der Waals surface area contributed by atoms with Crippen LogP contribution < -0.4 is 5.32 Å². The van der Waals surface area contributed by atoms with E-state index in [1.165, 1.54) is 11.1 Å². The first kappa shape index (κ1) is 8.04. The third-order valence-electron chi connectivity index (χ3n) is 3.41. The summed E-state index contributed by atoms with van der Waals surface area (Å²) in [6.45, 7) is 0. The van der Waals surface area contributed by atoms with E-state index in [1.807, 2.05) is 0 Å². The molecule has 0 saturated carbocycles. The van der Waals surface area contributed by atoms with E-state index in [4.69, 9.17) is 0 Å². The van der Waals surface area contributed by atoms with Crippen molar-refractivity contribution in [3.05, 3.63) is 35.4 Å². The van der Waals surface area contributed by atoms with E-state index in [0.717, 1.165) is 19.3 Å². The number of nitrogens with one attached hydrogen (secondary N) is 1. The van der Waals surface area contributed by atoms with E-state index in [-0.39, 0.29) is 5.91 Å². The molecule has 0 bridgehead atoms. The zero-order chi connectivity index (χ0) is 9.54. The molecule has 2 atom stereocenters. The number of aryl methyl sites for hydroxylation is 1. The lowest BCUT2D eigenvalue weighted by Gasteiger charge is -2.27. The first-order chi connectivity index (χ1) is 6.84. The van der Waals surface area contributed by atoms with Crippen LogP contribution >= 0.6 is 0 Å². The predicted octanol–water partition coefficient (Wildman–Crippen LogP) is 1.81. The molecule has 1 aromatic carbocycles. The normalized spacial score (nSPS) is 29.3. The Morgan fingerprint density at radius 2 is 2.14 bits per heavy atom. The SMILES string of the molecule is O=C1C[C@H]2CCc3ccccc3[C@H]2N1. The lowest BCUT2D eigenvalue weighted by molar-refractivity contribution is -0.119. The number of hydrogen-bond donors (Lipinski definition) is 1. The van der Waals surface area contributed by atoms with Crippen molar-refractivity contribution < 1.29 is 4.79 Å². The Hall–Kier alpha value is -1.31. The molecule has 72 valence electrons. The van der Waals surface area contributed by atoms with E-state index >= 15 is 0 Å². The summed E-state index contributed by atoms with van der Waals surface area (Å²) in [5.41, 5.74) is 2.76. The maximum absolute atomic E-state index is 11.3. The number of carbonyl (C=O) groups is 1. The minimum atomic E-state index is 0.219. The molecule has 1 amide bonds. The number of benzene rings is 1. The average molecular weight is 187 g/mol. The molecule has 2 heteroatoms. The molecule has 1 N–H and O–H groups in total. The van der Waals surface area contributed by atoms with Gasteiger partial charge in [0.05, 0.1) is 6.04 Å². The molecule has 14 heavy (non-hydrogen) atoms. The highest BCUT2D eigenvalue weighted by Crippen LogP contribution is 2.39. The van der Waals surface area contributed by atoms with Crippen molar-refractivity contribution in [1.82, 2.24) is 5.32 Å². The second-order valence-electron chi connectivity index (χ2n) is 4.25. The van der Waals surface area contributed by atoms with Crippen molar-refractivity contribution in [2.45, 2.75) is 25.3 Å². The van der Waals surface area contributed by atoms with Gasteiger partial charge in [-0.1, -0.05) is 24.3 Å². The Kier molecular flexibility index (Phi) is 1.63. The van der Waals surface area contributed by atoms with Crippen molar-refractivity contribution in [2.24, 2.45) is 5.92 Å². The second-order valence-corrected chi connectivity index (χ2v) is 4.25. The van der Waals surface area contributed by atoms with Gasteiger partial charge in [0, 0.05) is 6.42 Å². The minimum Gasteiger partial charge on any atom is -0.349 e. The maximum atomic E-state index is 11.3. The van der Waals surface area contributed by atoms with Crippen LogP contribution in [0.25, 0.3) is 0 Å². The number of carbonyl (C=O) groups excluding carboxylic acids is 1. The molecule has 1 aliphatic carbocycles. The van der Waals surface area contributed by atoms with Crippen LogP contribution in [0.2, 0.25) is 0 Å². The quantitative estimate of drug-likeness (QED) is 0.659. The summed E-state index contributed by atoms with van der Waals surface area (Å²) >= 11 is 0. The van der Waals surface area contributed by atoms with E-state index in [2.05, 4.69) is 29.6 Å². The fourth-order valence-corrected chi connectivity index (χ4v) is 2.71. The monoisotopic (exact) mass is 187 g/mol. The van der Waals surface area contributed by atoms with Gasteiger partial charge in [-0.05, 0) is 29.9 Å². The molecule has 1 saturated heterocycles. The smallest absolute Gasteiger partial charge is 0.220 e. The molecule has 2 nitrogen and oxygen atoms in total. The van der Waals surface area contributed by atoms with Crippen LogP contribution in [0.4, 0.5) is 0 Å². The number of rotatable bonds is 0. The summed E-state index contributed by atoms with van der Waals surface area (Å²) < 4.78 is 0. The highest BCUT2D eigenvalue weighted by atomic mass is 16.2. The highest BCUT2D eigenvalue weighted by molar-refractivity contribution is 5.79. The topological polar surface area (TPSA) is 29.1 Å². The van der Waals surface area contributed by atoms with E-state index in [9.17, 15) is 4.79 Å². The molecule has 1 fully saturated rings. The molecule has 1 aromatic rings. The molecule has 3 rings (SSSR count). The Balaban J connectivity index is 2.05. The molecular weight excluding hydrogens is 174 g/mol. The van der Waals surface area contributed by atoms with Crippen LogP contribution in [0.5, 0.6) is 0 Å². The fraction of sp³-hybridized carbons (Fsp3) is 0.417. The molecule has 0 unspecified atom stereocenters. The Morgan fingerprint density at radius 3 is 3.07 bits per heavy atom. The summed E-state index contributed by atoms with van der Waals surface area (Å²) in [5, 5.41) is 3.07. The van der Waals surface area contributed by atoms with Gasteiger partial charge in [-0.25, -0.2) is 0 Å². The summed E-state index contributed by atoms with van der Waals surface area (Å²) in [6, 6.07) is 8.77. The van der Waals surface area contributed by atoms with Gasteiger partial charge in [0.2, 0.25) is 5.91 Å². The first-order valence-electron chi connectivity index (χ1n) is 5.22. The molecule has 0 spiro atoms. The van der Waals surface area contributed by atoms with E-state index < -0.39 is 0 Å². The van der Waals surface area contributed by atoms with Gasteiger partial charge in [0.1, 0.15) is 0 Å². The molecule has 2 aliphatic rings. The zero-order valence-electron chi connectivity index (χ0n) is 7.99. The maximum Gasteiger partial charge on any atom is 0.220 e. The van der Waals surface area contributed by atoms with Crippen molar-refractivity contribution in [3.8, 4) is 0 Å². The third-order valence-corrected chi connectivity index (χ3v) is 3.41. The molecule has 1 aliphatic heterocycles. The number of hydrogen-bond acceptors (Lipinski definition) is 1. The van der Waals surface area contributed by atoms with Crippen molar-refractivity contribution in [1.29, 1.82) is 0 Å². The van der Waals surface area contributed by atoms with Gasteiger partial charge < -0.3 is 5.32 Å². The average Bonchev–Trinajstić information content (AvgIpc) is 2.59. The largest absolute Gasteiger partial charge is 0.349 e. The van der Waals surface area contributed by atoms with Crippen LogP contribution in [0, 0.1) is 5.92 Å². The van der Waals surface area contributed by atoms with Gasteiger partial charge >= 0.3 is 0 Å². The van der Waals surface area contributed by atoms with Crippen molar-refractivity contribution in [3.63, 3.8) is 0 Å². The lowest BCUT2D eigenvalue weighted by atomic mass is 9.81. The molecule has 1 heterocycles. The summed E-state index contributed by atoms with van der Waals surface area (Å²) in [6.07, 6.45) is 3.01. The number of amides is 1. The van der Waals surface area contributed by atoms with E-state index in [1.54, 1.807) is 0 Å². The van der Waals surface area contributed by atoms with Crippen LogP contribution in [0.15, 0.2) is 24.3 Å². The van der Waals surface area contributed by atoms with Crippen molar-refractivity contribution in [2.75, 3.05) is 0 Å². The third kappa shape index (κ3) is 1.07. The van der Waals surface area contributed by atoms with Crippen LogP contribution in [0.3, 0.4) is 0 Å². The summed E-state index contributed by atoms with van der Waals surface area (Å²) in [7, 11) is 0. The zero-order valence-corrected chi connectivity index (χ0v) is 7.99. The summed E-state index contributed by atoms with van der Waals surface area (Å²) in [4.78, 5) is 11.3. The van der Waals surface area contributed by atoms with Gasteiger partial charge in [-0.2, -0.15) is 0 Å². The number of fused-ring (bicyclic) bond motifs is 3. The Labute approximate surface area is 83.3 Å². The molecular formula is C12H13NO. The Bertz CT molecular complexity index is 386. The van der Waals surface area contributed by atoms with E-state index in [0.29, 0.717) is 12.0 Å². The first-order valence-corrected chi connectivity index (χ1v) is 5.22. The standard InChI is InChI=1S/C12H13NO/c14-11-7-9-6-5-8-3-1-2-4-10(8)12(9)13-11/h1-4,9,12H,5-7H2,(H,13,14)/t9-,12+/m1/s1. The highest BCUT2D eigenvalue weighted by Gasteiger charge is 2.36. The van der Waals surface area contributed by atoms with Gasteiger partial charge in [-0.15, -0.1) is 0 Å². The van der Waals surface area contributed by atoms with Crippen LogP contribution in [-0.4, -0.2) is 5.91 Å². The Morgan fingerprint density at radius 1 is 1.29 bits per heavy atom. The lowest BCUT2D eigenvalue weighted by Crippen LogP contribution is -2.25. The fourth-order valence-electron chi connectivity index (χ4n) is 2.71. The molecule has 0 aromatic heterocycles. The van der Waals surface area contributed by atoms with Gasteiger partial charge in [0.25, 0.3) is 0 Å². The summed E-state index contributed by atoms with van der Waals surface area (Å²) in [5.74, 6) is 0.758. The second kappa shape index (κ2) is 2.84. The minimum absolute atomic E-state index is 0.219. The van der Waals surface area contributed by atoms with Gasteiger partial charge in [-0.3, -0.25) is 4.79 Å². The molecule has 0 radical (unpaired) electrons.